The first-order chi connectivity index (χ1) is 8.09. The van der Waals surface area contributed by atoms with E-state index in [1.807, 2.05) is 19.1 Å². The lowest BCUT2D eigenvalue weighted by atomic mass is 10.0. The van der Waals surface area contributed by atoms with Crippen LogP contribution in [0.4, 0.5) is 0 Å². The highest BCUT2D eigenvalue weighted by molar-refractivity contribution is 6.10. The summed E-state index contributed by atoms with van der Waals surface area (Å²) >= 11 is 0. The normalized spacial score (nSPS) is 10.2. The molecule has 0 aliphatic heterocycles. The molecule has 2 rings (SSSR count). The van der Waals surface area contributed by atoms with Crippen molar-refractivity contribution >= 4 is 22.8 Å². The zero-order chi connectivity index (χ0) is 12.4. The second-order valence-corrected chi connectivity index (χ2v) is 3.67. The summed E-state index contributed by atoms with van der Waals surface area (Å²) in [7, 11) is 0. The van der Waals surface area contributed by atoms with Crippen molar-refractivity contribution in [2.24, 2.45) is 16.5 Å². The minimum atomic E-state index is -0.456. The van der Waals surface area contributed by atoms with Crippen LogP contribution in [0.1, 0.15) is 15.9 Å². The van der Waals surface area contributed by atoms with E-state index in [0.717, 1.165) is 16.5 Å². The predicted molar refractivity (Wildman–Crippen MR) is 66.6 cm³/mol. The minimum Gasteiger partial charge on any atom is -0.370 e. The number of nitrogens with zero attached hydrogens (tertiary/aromatic N) is 2. The molecule has 0 spiro atoms. The van der Waals surface area contributed by atoms with Crippen LogP contribution in [0.15, 0.2) is 35.5 Å². The quantitative estimate of drug-likeness (QED) is 0.561. The molecule has 5 nitrogen and oxygen atoms in total. The third-order valence-electron chi connectivity index (χ3n) is 2.43. The number of aromatic nitrogens is 1. The fraction of sp³-hybridized carbons (Fsp3) is 0.0833. The smallest absolute Gasteiger partial charge is 0.280 e. The molecular weight excluding hydrogens is 216 g/mol. The zero-order valence-corrected chi connectivity index (χ0v) is 9.34. The maximum atomic E-state index is 11.8. The van der Waals surface area contributed by atoms with Crippen LogP contribution in [0.2, 0.25) is 0 Å². The van der Waals surface area contributed by atoms with Crippen molar-refractivity contribution in [3.63, 3.8) is 0 Å². The molecule has 5 heteroatoms. The summed E-state index contributed by atoms with van der Waals surface area (Å²) in [6.45, 7) is 1.93. The predicted octanol–water partition coefficient (Wildman–Crippen LogP) is 0.957. The molecule has 0 atom stereocenters. The Morgan fingerprint density at radius 2 is 2.06 bits per heavy atom. The molecule has 1 aromatic carbocycles. The molecule has 1 amide bonds. The molecule has 1 heterocycles. The van der Waals surface area contributed by atoms with Gasteiger partial charge in [-0.2, -0.15) is 4.99 Å². The average Bonchev–Trinajstić information content (AvgIpc) is 2.29. The summed E-state index contributed by atoms with van der Waals surface area (Å²) in [4.78, 5) is 19.6. The van der Waals surface area contributed by atoms with Crippen molar-refractivity contribution in [2.75, 3.05) is 0 Å². The molecule has 0 radical (unpaired) electrons. The fourth-order valence-electron chi connectivity index (χ4n) is 1.68. The molecule has 0 saturated carbocycles. The van der Waals surface area contributed by atoms with Gasteiger partial charge in [-0.15, -0.1) is 0 Å². The largest absolute Gasteiger partial charge is 0.370 e. The third kappa shape index (κ3) is 2.08. The number of hydrogen-bond acceptors (Lipinski definition) is 2. The molecule has 17 heavy (non-hydrogen) atoms. The number of rotatable bonds is 1. The van der Waals surface area contributed by atoms with Gasteiger partial charge >= 0.3 is 0 Å². The topological polar surface area (TPSA) is 94.4 Å². The summed E-state index contributed by atoms with van der Waals surface area (Å²) in [6, 6.07) is 7.12. The van der Waals surface area contributed by atoms with E-state index in [9.17, 15) is 4.79 Å². The van der Waals surface area contributed by atoms with E-state index in [1.54, 1.807) is 18.3 Å². The van der Waals surface area contributed by atoms with Crippen LogP contribution < -0.4 is 11.5 Å². The number of pyridine rings is 1. The zero-order valence-electron chi connectivity index (χ0n) is 9.34. The molecule has 0 fully saturated rings. The van der Waals surface area contributed by atoms with Crippen molar-refractivity contribution in [2.45, 2.75) is 6.92 Å². The Labute approximate surface area is 98.2 Å². The van der Waals surface area contributed by atoms with Crippen molar-refractivity contribution in [3.05, 3.63) is 41.6 Å². The Bertz CT molecular complexity index is 615. The number of aliphatic imine (C=N–C) groups is 1. The number of aryl methyl sites for hydroxylation is 1. The van der Waals surface area contributed by atoms with Crippen LogP contribution in [0.25, 0.3) is 10.9 Å². The van der Waals surface area contributed by atoms with Gasteiger partial charge in [0.05, 0.1) is 11.1 Å². The Morgan fingerprint density at radius 3 is 2.76 bits per heavy atom. The highest BCUT2D eigenvalue weighted by Crippen LogP contribution is 2.20. The van der Waals surface area contributed by atoms with Gasteiger partial charge in [0.15, 0.2) is 5.96 Å². The van der Waals surface area contributed by atoms with Crippen LogP contribution in [0.5, 0.6) is 0 Å². The van der Waals surface area contributed by atoms with E-state index in [0.29, 0.717) is 5.56 Å². The molecule has 0 bridgehead atoms. The number of amides is 1. The molecule has 0 saturated heterocycles. The minimum absolute atomic E-state index is 0.243. The molecule has 1 aromatic heterocycles. The van der Waals surface area contributed by atoms with Crippen LogP contribution in [-0.2, 0) is 0 Å². The van der Waals surface area contributed by atoms with E-state index in [1.165, 1.54) is 0 Å². The van der Waals surface area contributed by atoms with Gasteiger partial charge in [0.1, 0.15) is 0 Å². The van der Waals surface area contributed by atoms with Crippen molar-refractivity contribution < 1.29 is 4.79 Å². The number of carbonyl (C=O) groups excluding carboxylic acids is 1. The lowest BCUT2D eigenvalue weighted by molar-refractivity contribution is 0.100. The van der Waals surface area contributed by atoms with Gasteiger partial charge in [-0.1, -0.05) is 12.1 Å². The average molecular weight is 228 g/mol. The molecule has 0 aliphatic rings. The summed E-state index contributed by atoms with van der Waals surface area (Å²) in [5.74, 6) is -0.699. The number of fused-ring (bicyclic) bond motifs is 1. The molecular formula is C12H12N4O. The van der Waals surface area contributed by atoms with E-state index in [2.05, 4.69) is 9.98 Å². The van der Waals surface area contributed by atoms with E-state index in [-0.39, 0.29) is 5.96 Å². The summed E-state index contributed by atoms with van der Waals surface area (Å²) in [5.41, 5.74) is 12.6. The van der Waals surface area contributed by atoms with Gasteiger partial charge < -0.3 is 11.5 Å². The molecule has 4 N–H and O–H groups in total. The Morgan fingerprint density at radius 1 is 1.29 bits per heavy atom. The second-order valence-electron chi connectivity index (χ2n) is 3.67. The fourth-order valence-corrected chi connectivity index (χ4v) is 1.68. The monoisotopic (exact) mass is 228 g/mol. The summed E-state index contributed by atoms with van der Waals surface area (Å²) < 4.78 is 0. The number of benzene rings is 1. The van der Waals surface area contributed by atoms with Crippen LogP contribution in [-0.4, -0.2) is 16.9 Å². The number of nitrogens with two attached hydrogens (primary N) is 2. The summed E-state index contributed by atoms with van der Waals surface area (Å²) in [6.07, 6.45) is 1.68. The van der Waals surface area contributed by atoms with Crippen LogP contribution in [0.3, 0.4) is 0 Å². The maximum Gasteiger partial charge on any atom is 0.280 e. The molecule has 0 unspecified atom stereocenters. The first-order valence-electron chi connectivity index (χ1n) is 5.08. The van der Waals surface area contributed by atoms with E-state index in [4.69, 9.17) is 11.5 Å². The van der Waals surface area contributed by atoms with Crippen molar-refractivity contribution in [1.82, 2.24) is 4.98 Å². The van der Waals surface area contributed by atoms with Gasteiger partial charge in [0, 0.05) is 11.6 Å². The van der Waals surface area contributed by atoms with E-state index < -0.39 is 5.91 Å². The first-order valence-corrected chi connectivity index (χ1v) is 5.08. The standard InChI is InChI=1S/C12H12N4O/c1-7-4-5-9(11(17)16-12(13)14)8-3-2-6-15-10(7)8/h2-6H,1H3,(H4,13,14,16,17). The van der Waals surface area contributed by atoms with Gasteiger partial charge in [-0.25, -0.2) is 0 Å². The highest BCUT2D eigenvalue weighted by Gasteiger charge is 2.10. The van der Waals surface area contributed by atoms with Crippen molar-refractivity contribution in [1.29, 1.82) is 0 Å². The molecule has 2 aromatic rings. The van der Waals surface area contributed by atoms with E-state index >= 15 is 0 Å². The van der Waals surface area contributed by atoms with Gasteiger partial charge in [-0.05, 0) is 24.6 Å². The lowest BCUT2D eigenvalue weighted by Gasteiger charge is -2.04. The molecule has 0 aliphatic carbocycles. The number of guanidine groups is 1. The van der Waals surface area contributed by atoms with Gasteiger partial charge in [0.2, 0.25) is 0 Å². The van der Waals surface area contributed by atoms with Gasteiger partial charge in [0.25, 0.3) is 5.91 Å². The highest BCUT2D eigenvalue weighted by atomic mass is 16.1. The second kappa shape index (κ2) is 4.21. The van der Waals surface area contributed by atoms with Gasteiger partial charge in [-0.3, -0.25) is 9.78 Å². The molecule has 86 valence electrons. The summed E-state index contributed by atoms with van der Waals surface area (Å²) in [5, 5.41) is 0.752. The lowest BCUT2D eigenvalue weighted by Crippen LogP contribution is -2.24. The maximum absolute atomic E-state index is 11.8. The first kappa shape index (κ1) is 11.1. The Hall–Kier alpha value is -2.43. The SMILES string of the molecule is Cc1ccc(C(=O)N=C(N)N)c2cccnc12. The van der Waals surface area contributed by atoms with Crippen LogP contribution in [0, 0.1) is 6.92 Å². The number of carbonyl (C=O) groups is 1. The Balaban J connectivity index is 2.67. The number of hydrogen-bond donors (Lipinski definition) is 2. The Kier molecular flexibility index (Phi) is 2.74. The van der Waals surface area contributed by atoms with Crippen LogP contribution >= 0.6 is 0 Å². The third-order valence-corrected chi connectivity index (χ3v) is 2.43. The van der Waals surface area contributed by atoms with Crippen molar-refractivity contribution in [3.8, 4) is 0 Å².